The van der Waals surface area contributed by atoms with Crippen LogP contribution in [0.5, 0.6) is 0 Å². The van der Waals surface area contributed by atoms with Gasteiger partial charge < -0.3 is 10.6 Å². The van der Waals surface area contributed by atoms with Crippen LogP contribution in [0, 0.1) is 6.92 Å². The summed E-state index contributed by atoms with van der Waals surface area (Å²) in [6.45, 7) is 6.28. The summed E-state index contributed by atoms with van der Waals surface area (Å²) in [6, 6.07) is 12.1. The van der Waals surface area contributed by atoms with Crippen LogP contribution in [-0.2, 0) is 12.8 Å². The Kier molecular flexibility index (Phi) is 5.81. The Bertz CT molecular complexity index is 661. The first-order valence-electron chi connectivity index (χ1n) is 7.50. The Hall–Kier alpha value is -1.58. The number of thiocarbonyl (C=S) groups is 1. The van der Waals surface area contributed by atoms with Crippen molar-refractivity contribution in [1.82, 2.24) is 0 Å². The molecule has 0 aromatic heterocycles. The fourth-order valence-electron chi connectivity index (χ4n) is 2.41. The molecule has 116 valence electrons. The molecule has 4 heteroatoms. The van der Waals surface area contributed by atoms with Crippen molar-refractivity contribution in [3.05, 3.63) is 58.1 Å². The Balaban J connectivity index is 2.21. The Morgan fingerprint density at radius 2 is 1.59 bits per heavy atom. The van der Waals surface area contributed by atoms with Crippen molar-refractivity contribution in [3.63, 3.8) is 0 Å². The molecule has 2 aromatic carbocycles. The number of aryl methyl sites for hydroxylation is 2. The lowest BCUT2D eigenvalue weighted by atomic mass is 10.0. The maximum absolute atomic E-state index is 6.15. The molecular formula is C18H21ClN2S. The van der Waals surface area contributed by atoms with E-state index in [1.54, 1.807) is 0 Å². The first-order valence-corrected chi connectivity index (χ1v) is 8.29. The van der Waals surface area contributed by atoms with E-state index in [1.165, 1.54) is 11.1 Å². The number of benzene rings is 2. The lowest BCUT2D eigenvalue weighted by molar-refractivity contribution is 1.09. The SMILES string of the molecule is CCc1cccc(CC)c1NC(=S)Nc1cccc(Cl)c1C. The van der Waals surface area contributed by atoms with Gasteiger partial charge in [-0.2, -0.15) is 0 Å². The molecule has 0 spiro atoms. The van der Waals surface area contributed by atoms with Gasteiger partial charge in [0.1, 0.15) is 0 Å². The summed E-state index contributed by atoms with van der Waals surface area (Å²) in [5.41, 5.74) is 5.58. The lowest BCUT2D eigenvalue weighted by Crippen LogP contribution is -2.21. The van der Waals surface area contributed by atoms with Gasteiger partial charge in [-0.1, -0.05) is 49.7 Å². The molecule has 0 aliphatic rings. The van der Waals surface area contributed by atoms with E-state index >= 15 is 0 Å². The predicted octanol–water partition coefficient (Wildman–Crippen LogP) is 5.58. The monoisotopic (exact) mass is 332 g/mol. The second kappa shape index (κ2) is 7.61. The minimum Gasteiger partial charge on any atom is -0.332 e. The van der Waals surface area contributed by atoms with Crippen LogP contribution >= 0.6 is 23.8 Å². The van der Waals surface area contributed by atoms with E-state index in [1.807, 2.05) is 25.1 Å². The molecule has 0 saturated heterocycles. The van der Waals surface area contributed by atoms with Gasteiger partial charge in [0.25, 0.3) is 0 Å². The summed E-state index contributed by atoms with van der Waals surface area (Å²) in [6.07, 6.45) is 1.93. The number of hydrogen-bond acceptors (Lipinski definition) is 1. The molecule has 2 aromatic rings. The van der Waals surface area contributed by atoms with Crippen LogP contribution < -0.4 is 10.6 Å². The van der Waals surface area contributed by atoms with Gasteiger partial charge in [-0.3, -0.25) is 0 Å². The number of anilines is 2. The second-order valence-corrected chi connectivity index (χ2v) is 5.97. The number of nitrogens with one attached hydrogen (secondary N) is 2. The Morgan fingerprint density at radius 3 is 2.18 bits per heavy atom. The fraction of sp³-hybridized carbons (Fsp3) is 0.278. The van der Waals surface area contributed by atoms with Crippen molar-refractivity contribution in [3.8, 4) is 0 Å². The average molecular weight is 333 g/mol. The molecule has 0 fully saturated rings. The summed E-state index contributed by atoms with van der Waals surface area (Å²) in [5, 5.41) is 7.91. The molecule has 0 aliphatic carbocycles. The third-order valence-electron chi connectivity index (χ3n) is 3.75. The highest BCUT2D eigenvalue weighted by molar-refractivity contribution is 7.80. The van der Waals surface area contributed by atoms with Crippen molar-refractivity contribution in [1.29, 1.82) is 0 Å². The molecule has 0 bridgehead atoms. The smallest absolute Gasteiger partial charge is 0.175 e. The quantitative estimate of drug-likeness (QED) is 0.714. The van der Waals surface area contributed by atoms with Gasteiger partial charge in [-0.15, -0.1) is 0 Å². The molecule has 0 amide bonds. The van der Waals surface area contributed by atoms with Crippen LogP contribution in [0.15, 0.2) is 36.4 Å². The maximum atomic E-state index is 6.15. The van der Waals surface area contributed by atoms with Gasteiger partial charge >= 0.3 is 0 Å². The second-order valence-electron chi connectivity index (χ2n) is 5.15. The van der Waals surface area contributed by atoms with E-state index in [0.717, 1.165) is 34.8 Å². The van der Waals surface area contributed by atoms with E-state index in [4.69, 9.17) is 23.8 Å². The minimum absolute atomic E-state index is 0.584. The van der Waals surface area contributed by atoms with Gasteiger partial charge in [-0.25, -0.2) is 0 Å². The highest BCUT2D eigenvalue weighted by Crippen LogP contribution is 2.25. The highest BCUT2D eigenvalue weighted by Gasteiger charge is 2.09. The minimum atomic E-state index is 0.584. The van der Waals surface area contributed by atoms with E-state index < -0.39 is 0 Å². The largest absolute Gasteiger partial charge is 0.332 e. The standard InChI is InChI=1S/C18H21ClN2S/c1-4-13-8-6-9-14(5-2)17(13)21-18(22)20-16-11-7-10-15(19)12(16)3/h6-11H,4-5H2,1-3H3,(H2,20,21,22). The van der Waals surface area contributed by atoms with Crippen molar-refractivity contribution >= 4 is 40.3 Å². The zero-order chi connectivity index (χ0) is 16.1. The van der Waals surface area contributed by atoms with Gasteiger partial charge in [0.2, 0.25) is 0 Å². The van der Waals surface area contributed by atoms with Crippen LogP contribution in [0.3, 0.4) is 0 Å². The van der Waals surface area contributed by atoms with Crippen LogP contribution in [0.1, 0.15) is 30.5 Å². The fourth-order valence-corrected chi connectivity index (χ4v) is 2.80. The summed E-state index contributed by atoms with van der Waals surface area (Å²) < 4.78 is 0. The summed E-state index contributed by atoms with van der Waals surface area (Å²) in [5.74, 6) is 0. The number of rotatable bonds is 4. The third-order valence-corrected chi connectivity index (χ3v) is 4.37. The average Bonchev–Trinajstić information content (AvgIpc) is 2.52. The maximum Gasteiger partial charge on any atom is 0.175 e. The Morgan fingerprint density at radius 1 is 1.00 bits per heavy atom. The molecule has 22 heavy (non-hydrogen) atoms. The van der Waals surface area contributed by atoms with Gasteiger partial charge in [0.05, 0.1) is 0 Å². The number of halogens is 1. The van der Waals surface area contributed by atoms with Crippen molar-refractivity contribution in [2.45, 2.75) is 33.6 Å². The molecule has 0 saturated carbocycles. The highest BCUT2D eigenvalue weighted by atomic mass is 35.5. The topological polar surface area (TPSA) is 24.1 Å². The first-order chi connectivity index (χ1) is 10.6. The molecule has 2 rings (SSSR count). The van der Waals surface area contributed by atoms with E-state index in [-0.39, 0.29) is 0 Å². The third kappa shape index (κ3) is 3.79. The lowest BCUT2D eigenvalue weighted by Gasteiger charge is -2.18. The van der Waals surface area contributed by atoms with E-state index in [9.17, 15) is 0 Å². The van der Waals surface area contributed by atoms with Gasteiger partial charge in [0, 0.05) is 16.4 Å². The molecule has 0 unspecified atom stereocenters. The molecule has 0 atom stereocenters. The number of hydrogen-bond donors (Lipinski definition) is 2. The normalized spacial score (nSPS) is 10.4. The van der Waals surface area contributed by atoms with Crippen molar-refractivity contribution < 1.29 is 0 Å². The summed E-state index contributed by atoms with van der Waals surface area (Å²) in [4.78, 5) is 0. The summed E-state index contributed by atoms with van der Waals surface area (Å²) in [7, 11) is 0. The molecule has 2 N–H and O–H groups in total. The van der Waals surface area contributed by atoms with Crippen LogP contribution in [0.25, 0.3) is 0 Å². The van der Waals surface area contributed by atoms with E-state index in [0.29, 0.717) is 5.11 Å². The van der Waals surface area contributed by atoms with Crippen molar-refractivity contribution in [2.24, 2.45) is 0 Å². The van der Waals surface area contributed by atoms with Gasteiger partial charge in [0.15, 0.2) is 5.11 Å². The molecule has 2 nitrogen and oxygen atoms in total. The van der Waals surface area contributed by atoms with Crippen LogP contribution in [0.2, 0.25) is 5.02 Å². The number of para-hydroxylation sites is 1. The van der Waals surface area contributed by atoms with E-state index in [2.05, 4.69) is 42.7 Å². The molecular weight excluding hydrogens is 312 g/mol. The summed E-state index contributed by atoms with van der Waals surface area (Å²) >= 11 is 11.6. The Labute approximate surface area is 142 Å². The van der Waals surface area contributed by atoms with Gasteiger partial charge in [-0.05, 0) is 60.8 Å². The molecule has 0 aliphatic heterocycles. The van der Waals surface area contributed by atoms with Crippen LogP contribution in [-0.4, -0.2) is 5.11 Å². The van der Waals surface area contributed by atoms with Crippen LogP contribution in [0.4, 0.5) is 11.4 Å². The molecule has 0 heterocycles. The zero-order valence-electron chi connectivity index (χ0n) is 13.2. The first kappa shape index (κ1) is 16.8. The predicted molar refractivity (Wildman–Crippen MR) is 101 cm³/mol. The zero-order valence-corrected chi connectivity index (χ0v) is 14.7. The molecule has 0 radical (unpaired) electrons. The van der Waals surface area contributed by atoms with Crippen molar-refractivity contribution in [2.75, 3.05) is 10.6 Å².